The number of nitrogens with zero attached hydrogens (tertiary/aromatic N) is 1. The van der Waals surface area contributed by atoms with Gasteiger partial charge in [0.15, 0.2) is 5.78 Å². The van der Waals surface area contributed by atoms with Crippen LogP contribution in [0.5, 0.6) is 0 Å². The topological polar surface area (TPSA) is 96.4 Å². The van der Waals surface area contributed by atoms with Gasteiger partial charge in [-0.2, -0.15) is 0 Å². The normalized spacial score (nSPS) is 29.9. The van der Waals surface area contributed by atoms with E-state index in [1.807, 2.05) is 32.2 Å². The third-order valence-corrected chi connectivity index (χ3v) is 7.70. The monoisotopic (exact) mass is 488 g/mol. The van der Waals surface area contributed by atoms with Gasteiger partial charge in [0.25, 0.3) is 0 Å². The largest absolute Gasteiger partial charge is 0.392 e. The number of aromatic nitrogens is 1. The van der Waals surface area contributed by atoms with Crippen molar-refractivity contribution in [3.63, 3.8) is 0 Å². The van der Waals surface area contributed by atoms with Gasteiger partial charge in [-0.3, -0.25) is 14.4 Å². The molecule has 0 saturated carbocycles. The van der Waals surface area contributed by atoms with Crippen LogP contribution in [0.3, 0.4) is 0 Å². The molecule has 34 heavy (non-hydrogen) atoms. The van der Waals surface area contributed by atoms with Crippen molar-refractivity contribution in [1.29, 1.82) is 0 Å². The summed E-state index contributed by atoms with van der Waals surface area (Å²) in [7, 11) is 0. The molecule has 0 fully saturated rings. The molecule has 6 nitrogen and oxygen atoms in total. The Hall–Kier alpha value is -2.12. The predicted octanol–water partition coefficient (Wildman–Crippen LogP) is 5.05. The van der Waals surface area contributed by atoms with Crippen molar-refractivity contribution in [2.24, 2.45) is 17.3 Å². The molecule has 7 heteroatoms. The van der Waals surface area contributed by atoms with Crippen molar-refractivity contribution < 1.29 is 19.5 Å². The summed E-state index contributed by atoms with van der Waals surface area (Å²) >= 11 is 1.58. The van der Waals surface area contributed by atoms with Gasteiger partial charge in [-0.05, 0) is 65.0 Å². The van der Waals surface area contributed by atoms with Crippen molar-refractivity contribution in [2.45, 2.75) is 92.7 Å². The van der Waals surface area contributed by atoms with E-state index < -0.39 is 17.4 Å². The van der Waals surface area contributed by atoms with Gasteiger partial charge in [-0.25, -0.2) is 4.98 Å². The highest BCUT2D eigenvalue weighted by atomic mass is 32.1. The number of ketones is 2. The Morgan fingerprint density at radius 3 is 2.50 bits per heavy atom. The van der Waals surface area contributed by atoms with Crippen LogP contribution < -0.4 is 5.32 Å². The second-order valence-electron chi connectivity index (χ2n) is 10.3. The van der Waals surface area contributed by atoms with Crippen molar-refractivity contribution in [2.75, 3.05) is 0 Å². The number of hydrogen-bond acceptors (Lipinski definition) is 6. The summed E-state index contributed by atoms with van der Waals surface area (Å²) in [6.45, 7) is 12.7. The molecule has 0 aliphatic carbocycles. The van der Waals surface area contributed by atoms with Gasteiger partial charge in [-0.1, -0.05) is 32.4 Å². The van der Waals surface area contributed by atoms with E-state index in [2.05, 4.69) is 23.3 Å². The van der Waals surface area contributed by atoms with Crippen LogP contribution in [0.4, 0.5) is 0 Å². The summed E-state index contributed by atoms with van der Waals surface area (Å²) in [5, 5.41) is 16.9. The molecule has 1 aromatic rings. The Bertz CT molecular complexity index is 960. The fourth-order valence-electron chi connectivity index (χ4n) is 4.39. The third-order valence-electron chi connectivity index (χ3n) is 6.91. The standard InChI is InChI=1S/C27H40N2O4S/c1-16-10-8-9-11-17(2)25(32)19(4)26(33)27(6,7)23(30)14-24(31)29-22(12-16)18(3)13-21-15-34-20(5)28-21/h10,13,15,17,19,22-23,30H,8-9,11-12,14H2,1-7H3,(H,29,31)/b16-10-,18-13+/t17-,19+,22-,23-/m0/s1. The number of nitrogens with one attached hydrogen (secondary N) is 1. The number of thiazole rings is 1. The first-order chi connectivity index (χ1) is 15.8. The van der Waals surface area contributed by atoms with E-state index in [1.165, 1.54) is 0 Å². The van der Waals surface area contributed by atoms with Crippen LogP contribution in [0.1, 0.15) is 84.3 Å². The fraction of sp³-hybridized carbons (Fsp3) is 0.630. The van der Waals surface area contributed by atoms with Crippen molar-refractivity contribution >= 4 is 34.9 Å². The average Bonchev–Trinajstić information content (AvgIpc) is 3.17. The van der Waals surface area contributed by atoms with Crippen LogP contribution in [0.15, 0.2) is 22.6 Å². The van der Waals surface area contributed by atoms with Gasteiger partial charge in [0.2, 0.25) is 5.91 Å². The summed E-state index contributed by atoms with van der Waals surface area (Å²) in [4.78, 5) is 43.4. The van der Waals surface area contributed by atoms with E-state index in [-0.39, 0.29) is 35.9 Å². The molecule has 2 rings (SSSR count). The molecule has 0 saturated heterocycles. The summed E-state index contributed by atoms with van der Waals surface area (Å²) in [5.74, 6) is -1.78. The molecule has 2 heterocycles. The quantitative estimate of drug-likeness (QED) is 0.449. The summed E-state index contributed by atoms with van der Waals surface area (Å²) in [6, 6.07) is -0.246. The number of carbonyl (C=O) groups is 3. The van der Waals surface area contributed by atoms with Crippen molar-refractivity contribution in [1.82, 2.24) is 10.3 Å². The zero-order valence-corrected chi connectivity index (χ0v) is 22.4. The Kier molecular flexibility index (Phi) is 9.95. The lowest BCUT2D eigenvalue weighted by Crippen LogP contribution is -2.46. The molecule has 1 aliphatic heterocycles. The third kappa shape index (κ3) is 7.44. The van der Waals surface area contributed by atoms with Gasteiger partial charge >= 0.3 is 0 Å². The predicted molar refractivity (Wildman–Crippen MR) is 137 cm³/mol. The second kappa shape index (κ2) is 12.0. The SMILES string of the molecule is C/C1=C/CCC[C@H](C)C(=O)[C@@H](C)C(=O)C(C)(C)[C@@H](O)CC(=O)N[C@H](/C(C)=C/c2csc(C)n2)C1. The maximum absolute atomic E-state index is 13.1. The molecule has 0 unspecified atom stereocenters. The van der Waals surface area contributed by atoms with Crippen LogP contribution >= 0.6 is 11.3 Å². The molecular weight excluding hydrogens is 448 g/mol. The maximum Gasteiger partial charge on any atom is 0.223 e. The van der Waals surface area contributed by atoms with Gasteiger partial charge in [0, 0.05) is 11.3 Å². The molecule has 0 bridgehead atoms. The van der Waals surface area contributed by atoms with E-state index in [1.54, 1.807) is 32.1 Å². The van der Waals surface area contributed by atoms with Crippen LogP contribution in [0.25, 0.3) is 6.08 Å². The molecule has 2 N–H and O–H groups in total. The van der Waals surface area contributed by atoms with Gasteiger partial charge < -0.3 is 10.4 Å². The zero-order chi connectivity index (χ0) is 25.6. The van der Waals surface area contributed by atoms with Crippen molar-refractivity contribution in [3.8, 4) is 0 Å². The van der Waals surface area contributed by atoms with Crippen LogP contribution in [0, 0.1) is 24.2 Å². The zero-order valence-electron chi connectivity index (χ0n) is 21.6. The van der Waals surface area contributed by atoms with Crippen LogP contribution in [0.2, 0.25) is 0 Å². The Labute approximate surface area is 207 Å². The highest BCUT2D eigenvalue weighted by Crippen LogP contribution is 2.30. The molecular formula is C27H40N2O4S. The summed E-state index contributed by atoms with van der Waals surface area (Å²) < 4.78 is 0. The first-order valence-corrected chi connectivity index (χ1v) is 13.0. The average molecular weight is 489 g/mol. The summed E-state index contributed by atoms with van der Waals surface area (Å²) in [5.41, 5.74) is 1.79. The van der Waals surface area contributed by atoms with E-state index in [0.29, 0.717) is 12.8 Å². The first kappa shape index (κ1) is 28.1. The highest BCUT2D eigenvalue weighted by Gasteiger charge is 2.42. The molecule has 1 aliphatic rings. The lowest BCUT2D eigenvalue weighted by atomic mass is 9.73. The molecule has 1 aromatic heterocycles. The number of carbonyl (C=O) groups excluding carboxylic acids is 3. The maximum atomic E-state index is 13.1. The Morgan fingerprint density at radius 2 is 1.88 bits per heavy atom. The number of Topliss-reactive ketones (excluding diaryl/α,β-unsaturated/α-hetero) is 2. The summed E-state index contributed by atoms with van der Waals surface area (Å²) in [6.07, 6.45) is 5.78. The number of amides is 1. The van der Waals surface area contributed by atoms with Gasteiger partial charge in [0.05, 0.1) is 40.6 Å². The van der Waals surface area contributed by atoms with Crippen molar-refractivity contribution in [3.05, 3.63) is 33.3 Å². The minimum absolute atomic E-state index is 0.0966. The molecule has 1 amide bonds. The molecule has 188 valence electrons. The molecule has 0 spiro atoms. The van der Waals surface area contributed by atoms with Gasteiger partial charge in [0.1, 0.15) is 5.78 Å². The Balaban J connectivity index is 2.34. The fourth-order valence-corrected chi connectivity index (χ4v) is 4.96. The first-order valence-electron chi connectivity index (χ1n) is 12.1. The second-order valence-corrected chi connectivity index (χ2v) is 11.4. The number of aryl methyl sites for hydroxylation is 1. The number of aliphatic hydroxyl groups excluding tert-OH is 1. The lowest BCUT2D eigenvalue weighted by Gasteiger charge is -2.32. The van der Waals surface area contributed by atoms with Crippen LogP contribution in [-0.2, 0) is 14.4 Å². The van der Waals surface area contributed by atoms with E-state index in [0.717, 1.165) is 34.7 Å². The minimum atomic E-state index is -1.21. The van der Waals surface area contributed by atoms with Crippen LogP contribution in [-0.4, -0.2) is 39.7 Å². The Morgan fingerprint density at radius 1 is 1.21 bits per heavy atom. The molecule has 0 radical (unpaired) electrons. The number of allylic oxidation sites excluding steroid dienone is 1. The minimum Gasteiger partial charge on any atom is -0.392 e. The molecule has 0 aromatic carbocycles. The number of aliphatic hydroxyl groups is 1. The van der Waals surface area contributed by atoms with E-state index >= 15 is 0 Å². The van der Waals surface area contributed by atoms with E-state index in [9.17, 15) is 19.5 Å². The van der Waals surface area contributed by atoms with E-state index in [4.69, 9.17) is 0 Å². The number of hydrogen-bond donors (Lipinski definition) is 2. The lowest BCUT2D eigenvalue weighted by molar-refractivity contribution is -0.144. The molecule has 4 atom stereocenters. The smallest absolute Gasteiger partial charge is 0.223 e. The van der Waals surface area contributed by atoms with Gasteiger partial charge in [-0.15, -0.1) is 11.3 Å². The number of rotatable bonds is 2. The highest BCUT2D eigenvalue weighted by molar-refractivity contribution is 7.09.